The molecule has 11 heteroatoms. The van der Waals surface area contributed by atoms with Crippen LogP contribution in [-0.4, -0.2) is 26.4 Å². The summed E-state index contributed by atoms with van der Waals surface area (Å²) in [5, 5.41) is 11.1. The van der Waals surface area contributed by atoms with Crippen LogP contribution in [0.5, 0.6) is 5.75 Å². The quantitative estimate of drug-likeness (QED) is 0.341. The van der Waals surface area contributed by atoms with Gasteiger partial charge in [0.05, 0.1) is 27.6 Å². The van der Waals surface area contributed by atoms with Crippen LogP contribution in [0, 0.1) is 17.0 Å². The van der Waals surface area contributed by atoms with Crippen molar-refractivity contribution in [2.75, 3.05) is 11.4 Å². The second kappa shape index (κ2) is 9.15. The minimum absolute atomic E-state index is 0.0704. The van der Waals surface area contributed by atoms with Crippen molar-refractivity contribution in [3.05, 3.63) is 92.0 Å². The van der Waals surface area contributed by atoms with E-state index >= 15 is 0 Å². The predicted molar refractivity (Wildman–Crippen MR) is 121 cm³/mol. The van der Waals surface area contributed by atoms with Gasteiger partial charge in [-0.15, -0.1) is 0 Å². The number of carbonyl (C=O) groups excluding carboxylic acids is 1. The van der Waals surface area contributed by atoms with Crippen LogP contribution in [0.3, 0.4) is 0 Å². The topological polar surface area (TPSA) is 107 Å². The highest BCUT2D eigenvalue weighted by Crippen LogP contribution is 2.34. The van der Waals surface area contributed by atoms with Gasteiger partial charge in [-0.25, -0.2) is 8.42 Å². The molecule has 0 fully saturated rings. The molecule has 0 N–H and O–H groups in total. The third-order valence-electron chi connectivity index (χ3n) is 4.50. The number of sulfonamides is 1. The highest BCUT2D eigenvalue weighted by atomic mass is 35.5. The van der Waals surface area contributed by atoms with Crippen LogP contribution in [0.25, 0.3) is 0 Å². The van der Waals surface area contributed by atoms with E-state index in [1.165, 1.54) is 43.5 Å². The van der Waals surface area contributed by atoms with E-state index in [1.54, 1.807) is 19.1 Å². The van der Waals surface area contributed by atoms with Crippen LogP contribution in [0.15, 0.2) is 65.6 Å². The van der Waals surface area contributed by atoms with Gasteiger partial charge in [0.2, 0.25) is 0 Å². The van der Waals surface area contributed by atoms with Crippen LogP contribution in [-0.2, 0) is 10.0 Å². The van der Waals surface area contributed by atoms with Crippen molar-refractivity contribution in [3.63, 3.8) is 0 Å². The molecule has 0 aliphatic heterocycles. The number of methoxy groups -OCH3 is 1. The zero-order chi connectivity index (χ0) is 23.6. The zero-order valence-electron chi connectivity index (χ0n) is 16.8. The van der Waals surface area contributed by atoms with Crippen LogP contribution >= 0.6 is 23.2 Å². The Bertz CT molecular complexity index is 1310. The summed E-state index contributed by atoms with van der Waals surface area (Å²) >= 11 is 12.0. The molecule has 0 radical (unpaired) electrons. The van der Waals surface area contributed by atoms with Crippen molar-refractivity contribution in [1.29, 1.82) is 0 Å². The van der Waals surface area contributed by atoms with Crippen LogP contribution in [0.1, 0.15) is 15.9 Å². The number of anilines is 1. The van der Waals surface area contributed by atoms with E-state index in [1.807, 2.05) is 0 Å². The summed E-state index contributed by atoms with van der Waals surface area (Å²) in [5.74, 6) is -0.746. The Labute approximate surface area is 194 Å². The molecule has 0 unspecified atom stereocenters. The molecule has 0 spiro atoms. The first-order valence-electron chi connectivity index (χ1n) is 9.00. The van der Waals surface area contributed by atoms with E-state index < -0.39 is 26.5 Å². The number of ether oxygens (including phenoxy) is 1. The van der Waals surface area contributed by atoms with Crippen LogP contribution in [0.2, 0.25) is 10.0 Å². The maximum absolute atomic E-state index is 13.5. The lowest BCUT2D eigenvalue weighted by molar-refractivity contribution is -0.384. The number of halogens is 2. The Kier molecular flexibility index (Phi) is 6.73. The van der Waals surface area contributed by atoms with Gasteiger partial charge in [0.15, 0.2) is 0 Å². The highest BCUT2D eigenvalue weighted by Gasteiger charge is 2.33. The molecular weight excluding hydrogens is 479 g/mol. The Morgan fingerprint density at radius 2 is 1.66 bits per heavy atom. The summed E-state index contributed by atoms with van der Waals surface area (Å²) in [6.45, 7) is 1.79. The molecule has 0 heterocycles. The third-order valence-corrected chi connectivity index (χ3v) is 6.84. The Morgan fingerprint density at radius 1 is 1.00 bits per heavy atom. The van der Waals surface area contributed by atoms with Gasteiger partial charge in [-0.2, -0.15) is 4.31 Å². The van der Waals surface area contributed by atoms with Gasteiger partial charge in [-0.3, -0.25) is 14.9 Å². The highest BCUT2D eigenvalue weighted by molar-refractivity contribution is 7.93. The second-order valence-corrected chi connectivity index (χ2v) is 9.23. The molecule has 0 atom stereocenters. The fourth-order valence-electron chi connectivity index (χ4n) is 2.87. The average molecular weight is 495 g/mol. The first-order chi connectivity index (χ1) is 15.1. The molecule has 0 aliphatic rings. The van der Waals surface area contributed by atoms with E-state index in [2.05, 4.69) is 0 Å². The number of hydrogen-bond acceptors (Lipinski definition) is 6. The molecule has 32 heavy (non-hydrogen) atoms. The Hall–Kier alpha value is -3.14. The van der Waals surface area contributed by atoms with Gasteiger partial charge in [-0.1, -0.05) is 40.9 Å². The summed E-state index contributed by atoms with van der Waals surface area (Å²) in [6.07, 6.45) is 0. The van der Waals surface area contributed by atoms with Gasteiger partial charge in [0, 0.05) is 11.6 Å². The number of nitro benzene ring substituents is 1. The van der Waals surface area contributed by atoms with Crippen LogP contribution < -0.4 is 9.04 Å². The lowest BCUT2D eigenvalue weighted by Gasteiger charge is -2.23. The van der Waals surface area contributed by atoms with Crippen molar-refractivity contribution >= 4 is 50.5 Å². The molecule has 0 saturated heterocycles. The average Bonchev–Trinajstić information content (AvgIpc) is 2.74. The monoisotopic (exact) mass is 494 g/mol. The maximum atomic E-state index is 13.5. The number of aryl methyl sites for hydroxylation is 1. The molecule has 3 aromatic rings. The van der Waals surface area contributed by atoms with Crippen LogP contribution in [0.4, 0.5) is 11.4 Å². The van der Waals surface area contributed by atoms with Gasteiger partial charge >= 0.3 is 0 Å². The van der Waals surface area contributed by atoms with Crippen molar-refractivity contribution in [3.8, 4) is 5.75 Å². The van der Waals surface area contributed by atoms with Gasteiger partial charge < -0.3 is 4.74 Å². The fraction of sp³-hybridized carbons (Fsp3) is 0.0952. The normalized spacial score (nSPS) is 11.1. The molecule has 0 aliphatic carbocycles. The molecule has 0 bridgehead atoms. The number of rotatable bonds is 6. The number of amides is 1. The molecule has 8 nitrogen and oxygen atoms in total. The minimum atomic E-state index is -4.42. The molecule has 3 rings (SSSR count). The van der Waals surface area contributed by atoms with Crippen molar-refractivity contribution in [2.24, 2.45) is 0 Å². The lowest BCUT2D eigenvalue weighted by Crippen LogP contribution is -2.37. The third kappa shape index (κ3) is 4.55. The smallest absolute Gasteiger partial charge is 0.288 e. The first kappa shape index (κ1) is 23.5. The summed E-state index contributed by atoms with van der Waals surface area (Å²) in [5.41, 5.74) is -0.0247. The minimum Gasteiger partial charge on any atom is -0.495 e. The number of benzene rings is 3. The maximum Gasteiger partial charge on any atom is 0.288 e. The first-order valence-corrected chi connectivity index (χ1v) is 11.2. The van der Waals surface area contributed by atoms with Crippen molar-refractivity contribution < 1.29 is 22.9 Å². The van der Waals surface area contributed by atoms with E-state index in [4.69, 9.17) is 27.9 Å². The van der Waals surface area contributed by atoms with Gasteiger partial charge in [0.1, 0.15) is 10.8 Å². The number of hydrogen-bond donors (Lipinski definition) is 0. The van der Waals surface area contributed by atoms with Gasteiger partial charge in [-0.05, 0) is 49.4 Å². The zero-order valence-corrected chi connectivity index (χ0v) is 19.1. The Morgan fingerprint density at radius 3 is 2.22 bits per heavy atom. The number of carbonyl (C=O) groups is 1. The lowest BCUT2D eigenvalue weighted by atomic mass is 10.2. The summed E-state index contributed by atoms with van der Waals surface area (Å²) in [6, 6.07) is 13.2. The molecule has 0 aromatic heterocycles. The molecule has 166 valence electrons. The number of nitrogens with zero attached hydrogens (tertiary/aromatic N) is 2. The summed E-state index contributed by atoms with van der Waals surface area (Å²) in [7, 11) is -3.03. The Balaban J connectivity index is 2.22. The van der Waals surface area contributed by atoms with E-state index in [0.29, 0.717) is 4.31 Å². The van der Waals surface area contributed by atoms with Gasteiger partial charge in [0.25, 0.3) is 21.6 Å². The SMILES string of the molecule is COc1ccc(N(C(=O)c2ccc(Cl)c([N+](=O)[O-])c2)S(=O)(=O)c2ccc(C)cc2)cc1Cl. The summed E-state index contributed by atoms with van der Waals surface area (Å²) in [4.78, 5) is 23.7. The molecule has 0 saturated carbocycles. The second-order valence-electron chi connectivity index (χ2n) is 6.63. The number of nitro groups is 1. The molecular formula is C21H16Cl2N2O6S. The molecule has 3 aromatic carbocycles. The largest absolute Gasteiger partial charge is 0.495 e. The predicted octanol–water partition coefficient (Wildman–Crippen LogP) is 5.25. The van der Waals surface area contributed by atoms with E-state index in [0.717, 1.165) is 17.7 Å². The van der Waals surface area contributed by atoms with E-state index in [-0.39, 0.29) is 31.9 Å². The fourth-order valence-corrected chi connectivity index (χ4v) is 4.71. The van der Waals surface area contributed by atoms with Crippen molar-refractivity contribution in [2.45, 2.75) is 11.8 Å². The van der Waals surface area contributed by atoms with E-state index in [9.17, 15) is 23.3 Å². The van der Waals surface area contributed by atoms with Crippen molar-refractivity contribution in [1.82, 2.24) is 0 Å². The summed E-state index contributed by atoms with van der Waals surface area (Å²) < 4.78 is 32.6. The standard InChI is InChI=1S/C21H16Cl2N2O6S/c1-13-3-7-16(8-4-13)32(29,30)24(15-6-10-20(31-2)18(23)12-15)21(26)14-5-9-17(22)19(11-14)25(27)28/h3-12H,1-2H3. The molecule has 1 amide bonds.